The Labute approximate surface area is 117 Å². The van der Waals surface area contributed by atoms with E-state index in [1.807, 2.05) is 31.2 Å². The lowest BCUT2D eigenvalue weighted by Gasteiger charge is -2.18. The summed E-state index contributed by atoms with van der Waals surface area (Å²) in [5.74, 6) is 2.12. The van der Waals surface area contributed by atoms with E-state index >= 15 is 0 Å². The number of aliphatic hydroxyl groups excluding tert-OH is 1. The summed E-state index contributed by atoms with van der Waals surface area (Å²) >= 11 is 0. The maximum Gasteiger partial charge on any atom is 0.122 e. The molecule has 0 radical (unpaired) electrons. The summed E-state index contributed by atoms with van der Waals surface area (Å²) in [6.45, 7) is 10.5. The maximum absolute atomic E-state index is 9.87. The summed E-state index contributed by atoms with van der Waals surface area (Å²) < 4.78 is 5.61. The summed E-state index contributed by atoms with van der Waals surface area (Å²) in [5, 5.41) is 13.2. The Morgan fingerprint density at radius 2 is 1.84 bits per heavy atom. The van der Waals surface area contributed by atoms with Gasteiger partial charge in [-0.3, -0.25) is 0 Å². The molecule has 0 aliphatic heterocycles. The fourth-order valence-electron chi connectivity index (χ4n) is 1.68. The minimum absolute atomic E-state index is 0.327. The number of hydrogen-bond acceptors (Lipinski definition) is 3. The molecule has 1 aromatic rings. The van der Waals surface area contributed by atoms with Crippen LogP contribution in [0.1, 0.15) is 26.3 Å². The predicted molar refractivity (Wildman–Crippen MR) is 79.6 cm³/mol. The van der Waals surface area contributed by atoms with Gasteiger partial charge in [0.2, 0.25) is 0 Å². The van der Waals surface area contributed by atoms with E-state index in [2.05, 4.69) is 26.1 Å². The number of nitrogens with one attached hydrogen (secondary N) is 1. The number of aliphatic hydroxyl groups is 1. The van der Waals surface area contributed by atoms with Gasteiger partial charge < -0.3 is 15.2 Å². The summed E-state index contributed by atoms with van der Waals surface area (Å²) in [4.78, 5) is 0. The molecule has 2 unspecified atom stereocenters. The Hall–Kier alpha value is -1.06. The minimum Gasteiger partial charge on any atom is -0.491 e. The molecule has 0 saturated heterocycles. The first-order valence-corrected chi connectivity index (χ1v) is 7.08. The Bertz CT molecular complexity index is 366. The molecule has 0 heterocycles. The van der Waals surface area contributed by atoms with Crippen LogP contribution in [0.4, 0.5) is 0 Å². The van der Waals surface area contributed by atoms with Crippen LogP contribution in [0.3, 0.4) is 0 Å². The first-order chi connectivity index (χ1) is 9.00. The number of ether oxygens (including phenoxy) is 1. The van der Waals surface area contributed by atoms with E-state index in [1.165, 1.54) is 0 Å². The van der Waals surface area contributed by atoms with E-state index in [4.69, 9.17) is 4.74 Å². The first-order valence-electron chi connectivity index (χ1n) is 7.08. The highest BCUT2D eigenvalue weighted by molar-refractivity contribution is 5.31. The van der Waals surface area contributed by atoms with Gasteiger partial charge in [0.15, 0.2) is 0 Å². The molecular weight excluding hydrogens is 238 g/mol. The Morgan fingerprint density at radius 3 is 2.47 bits per heavy atom. The quantitative estimate of drug-likeness (QED) is 0.759. The average Bonchev–Trinajstić information content (AvgIpc) is 2.37. The second kappa shape index (κ2) is 8.18. The van der Waals surface area contributed by atoms with Gasteiger partial charge in [0.1, 0.15) is 18.5 Å². The predicted octanol–water partition coefficient (Wildman–Crippen LogP) is 2.62. The number of para-hydroxylation sites is 1. The molecular formula is C16H27NO2. The van der Waals surface area contributed by atoms with Gasteiger partial charge in [0.05, 0.1) is 0 Å². The van der Waals surface area contributed by atoms with E-state index in [-0.39, 0.29) is 0 Å². The second-order valence-electron chi connectivity index (χ2n) is 5.61. The highest BCUT2D eigenvalue weighted by atomic mass is 16.5. The van der Waals surface area contributed by atoms with Crippen molar-refractivity contribution in [2.75, 3.05) is 19.7 Å². The van der Waals surface area contributed by atoms with E-state index in [0.717, 1.165) is 17.9 Å². The van der Waals surface area contributed by atoms with E-state index in [0.29, 0.717) is 25.0 Å². The minimum atomic E-state index is -0.473. The van der Waals surface area contributed by atoms with Crippen LogP contribution in [0, 0.1) is 18.8 Å². The van der Waals surface area contributed by atoms with Gasteiger partial charge in [-0.1, -0.05) is 39.0 Å². The lowest BCUT2D eigenvalue weighted by molar-refractivity contribution is 0.104. The smallest absolute Gasteiger partial charge is 0.122 e. The van der Waals surface area contributed by atoms with Crippen LogP contribution < -0.4 is 10.1 Å². The zero-order valence-corrected chi connectivity index (χ0v) is 12.5. The molecule has 2 atom stereocenters. The lowest BCUT2D eigenvalue weighted by Crippen LogP contribution is -2.34. The largest absolute Gasteiger partial charge is 0.491 e. The van der Waals surface area contributed by atoms with Gasteiger partial charge in [0, 0.05) is 6.54 Å². The molecule has 108 valence electrons. The molecule has 0 aliphatic carbocycles. The van der Waals surface area contributed by atoms with Crippen molar-refractivity contribution >= 4 is 0 Å². The molecule has 0 amide bonds. The van der Waals surface area contributed by atoms with Gasteiger partial charge in [0.25, 0.3) is 0 Å². The van der Waals surface area contributed by atoms with E-state index in [1.54, 1.807) is 0 Å². The Kier molecular flexibility index (Phi) is 6.89. The Morgan fingerprint density at radius 1 is 1.16 bits per heavy atom. The molecule has 0 saturated carbocycles. The highest BCUT2D eigenvalue weighted by Gasteiger charge is 2.09. The molecule has 19 heavy (non-hydrogen) atoms. The zero-order chi connectivity index (χ0) is 14.3. The van der Waals surface area contributed by atoms with Crippen molar-refractivity contribution in [1.82, 2.24) is 5.32 Å². The normalized spacial score (nSPS) is 14.4. The topological polar surface area (TPSA) is 41.5 Å². The van der Waals surface area contributed by atoms with Crippen molar-refractivity contribution in [2.45, 2.75) is 33.8 Å². The SMILES string of the molecule is Cc1ccccc1OCC(O)CNCC(C)C(C)C. The molecule has 0 aliphatic rings. The van der Waals surface area contributed by atoms with Gasteiger partial charge in [-0.2, -0.15) is 0 Å². The van der Waals surface area contributed by atoms with Crippen molar-refractivity contribution in [1.29, 1.82) is 0 Å². The van der Waals surface area contributed by atoms with Crippen LogP contribution in [0.5, 0.6) is 5.75 Å². The van der Waals surface area contributed by atoms with Crippen LogP contribution in [-0.2, 0) is 0 Å². The van der Waals surface area contributed by atoms with Crippen LogP contribution >= 0.6 is 0 Å². The van der Waals surface area contributed by atoms with Crippen molar-refractivity contribution in [3.63, 3.8) is 0 Å². The van der Waals surface area contributed by atoms with Crippen molar-refractivity contribution in [3.05, 3.63) is 29.8 Å². The molecule has 0 spiro atoms. The third kappa shape index (κ3) is 6.08. The molecule has 1 aromatic carbocycles. The fraction of sp³-hybridized carbons (Fsp3) is 0.625. The number of rotatable bonds is 8. The molecule has 0 bridgehead atoms. The summed E-state index contributed by atoms with van der Waals surface area (Å²) in [5.41, 5.74) is 1.09. The van der Waals surface area contributed by atoms with Crippen molar-refractivity contribution in [3.8, 4) is 5.75 Å². The number of aryl methyl sites for hydroxylation is 1. The van der Waals surface area contributed by atoms with Gasteiger partial charge >= 0.3 is 0 Å². The average molecular weight is 265 g/mol. The molecule has 0 fully saturated rings. The highest BCUT2D eigenvalue weighted by Crippen LogP contribution is 2.16. The molecule has 3 heteroatoms. The molecule has 1 rings (SSSR count). The third-order valence-electron chi connectivity index (χ3n) is 3.51. The van der Waals surface area contributed by atoms with Crippen LogP contribution in [0.15, 0.2) is 24.3 Å². The van der Waals surface area contributed by atoms with Crippen LogP contribution in [-0.4, -0.2) is 30.9 Å². The summed E-state index contributed by atoms with van der Waals surface area (Å²) in [6.07, 6.45) is -0.473. The summed E-state index contributed by atoms with van der Waals surface area (Å²) in [7, 11) is 0. The van der Waals surface area contributed by atoms with Crippen molar-refractivity contribution in [2.24, 2.45) is 11.8 Å². The molecule has 3 nitrogen and oxygen atoms in total. The second-order valence-corrected chi connectivity index (χ2v) is 5.61. The zero-order valence-electron chi connectivity index (χ0n) is 12.5. The fourth-order valence-corrected chi connectivity index (χ4v) is 1.68. The number of hydrogen-bond donors (Lipinski definition) is 2. The van der Waals surface area contributed by atoms with Crippen molar-refractivity contribution < 1.29 is 9.84 Å². The lowest BCUT2D eigenvalue weighted by atomic mass is 9.98. The molecule has 2 N–H and O–H groups in total. The monoisotopic (exact) mass is 265 g/mol. The van der Waals surface area contributed by atoms with Gasteiger partial charge in [-0.25, -0.2) is 0 Å². The van der Waals surface area contributed by atoms with Gasteiger partial charge in [-0.15, -0.1) is 0 Å². The number of benzene rings is 1. The van der Waals surface area contributed by atoms with Gasteiger partial charge in [-0.05, 0) is 36.9 Å². The standard InChI is InChI=1S/C16H27NO2/c1-12(2)14(4)9-17-10-15(18)11-19-16-8-6-5-7-13(16)3/h5-8,12,14-15,17-18H,9-11H2,1-4H3. The summed E-state index contributed by atoms with van der Waals surface area (Å²) in [6, 6.07) is 7.85. The van der Waals surface area contributed by atoms with E-state index in [9.17, 15) is 5.11 Å². The first kappa shape index (κ1) is 16.0. The van der Waals surface area contributed by atoms with E-state index < -0.39 is 6.10 Å². The molecule has 0 aromatic heterocycles. The maximum atomic E-state index is 9.87. The third-order valence-corrected chi connectivity index (χ3v) is 3.51. The Balaban J connectivity index is 2.21. The van der Waals surface area contributed by atoms with Crippen LogP contribution in [0.25, 0.3) is 0 Å². The van der Waals surface area contributed by atoms with Crippen LogP contribution in [0.2, 0.25) is 0 Å².